The fraction of sp³-hybridized carbons (Fsp3) is 0.154. The van der Waals surface area contributed by atoms with Crippen molar-refractivity contribution in [1.82, 2.24) is 14.5 Å². The number of hydrogen-bond donors (Lipinski definition) is 2. The Bertz CT molecular complexity index is 1360. The van der Waals surface area contributed by atoms with Crippen molar-refractivity contribution in [1.29, 1.82) is 0 Å². The van der Waals surface area contributed by atoms with Crippen molar-refractivity contribution in [3.8, 4) is 11.3 Å². The van der Waals surface area contributed by atoms with Crippen molar-refractivity contribution < 1.29 is 13.6 Å². The van der Waals surface area contributed by atoms with Gasteiger partial charge in [0.25, 0.3) is 0 Å². The SMILES string of the molecule is O=C(CNc1ccccc1)N1CCn2c(nc(-c3ccc(F)cc3)c2Nc2ccc(Cl)c(F)c2)C1. The van der Waals surface area contributed by atoms with Crippen molar-refractivity contribution in [3.63, 3.8) is 0 Å². The molecule has 0 aliphatic carbocycles. The third-order valence-corrected chi connectivity index (χ3v) is 6.15. The van der Waals surface area contributed by atoms with E-state index in [0.29, 0.717) is 48.2 Å². The lowest BCUT2D eigenvalue weighted by Crippen LogP contribution is -2.41. The van der Waals surface area contributed by atoms with Gasteiger partial charge in [-0.05, 0) is 54.6 Å². The normalized spacial score (nSPS) is 12.8. The summed E-state index contributed by atoms with van der Waals surface area (Å²) in [5.74, 6) is 0.389. The number of anilines is 3. The second-order valence-corrected chi connectivity index (χ2v) is 8.58. The summed E-state index contributed by atoms with van der Waals surface area (Å²) in [6.07, 6.45) is 0. The average molecular weight is 494 g/mol. The van der Waals surface area contributed by atoms with Crippen LogP contribution in [0.2, 0.25) is 5.02 Å². The molecule has 1 aliphatic rings. The van der Waals surface area contributed by atoms with Gasteiger partial charge in [-0.1, -0.05) is 29.8 Å². The Morgan fingerprint density at radius 1 is 0.971 bits per heavy atom. The van der Waals surface area contributed by atoms with Gasteiger partial charge in [0, 0.05) is 30.0 Å². The third-order valence-electron chi connectivity index (χ3n) is 5.84. The molecule has 0 saturated heterocycles. The highest BCUT2D eigenvalue weighted by molar-refractivity contribution is 6.30. The van der Waals surface area contributed by atoms with Gasteiger partial charge in [0.15, 0.2) is 0 Å². The fourth-order valence-electron chi connectivity index (χ4n) is 4.04. The number of halogens is 3. The summed E-state index contributed by atoms with van der Waals surface area (Å²) < 4.78 is 29.6. The lowest BCUT2D eigenvalue weighted by molar-refractivity contribution is -0.130. The highest BCUT2D eigenvalue weighted by Crippen LogP contribution is 2.34. The van der Waals surface area contributed by atoms with Gasteiger partial charge in [-0.15, -0.1) is 0 Å². The van der Waals surface area contributed by atoms with E-state index in [2.05, 4.69) is 10.6 Å². The van der Waals surface area contributed by atoms with E-state index in [9.17, 15) is 13.6 Å². The molecule has 0 spiro atoms. The number of hydrogen-bond acceptors (Lipinski definition) is 4. The predicted molar refractivity (Wildman–Crippen MR) is 133 cm³/mol. The molecule has 9 heteroatoms. The van der Waals surface area contributed by atoms with Gasteiger partial charge in [0.2, 0.25) is 5.91 Å². The monoisotopic (exact) mass is 493 g/mol. The largest absolute Gasteiger partial charge is 0.376 e. The molecule has 0 radical (unpaired) electrons. The first-order valence-corrected chi connectivity index (χ1v) is 11.5. The van der Waals surface area contributed by atoms with E-state index in [1.165, 1.54) is 24.3 Å². The maximum Gasteiger partial charge on any atom is 0.242 e. The van der Waals surface area contributed by atoms with Crippen LogP contribution in [0.3, 0.4) is 0 Å². The summed E-state index contributed by atoms with van der Waals surface area (Å²) in [6.45, 7) is 1.48. The van der Waals surface area contributed by atoms with Gasteiger partial charge in [-0.2, -0.15) is 0 Å². The lowest BCUT2D eigenvalue weighted by Gasteiger charge is -2.29. The number of aromatic nitrogens is 2. The molecule has 2 heterocycles. The number of imidazole rings is 1. The van der Waals surface area contributed by atoms with Crippen molar-refractivity contribution in [2.24, 2.45) is 0 Å². The van der Waals surface area contributed by atoms with Gasteiger partial charge in [0.05, 0.1) is 18.1 Å². The Hall–Kier alpha value is -3.91. The number of carbonyl (C=O) groups excluding carboxylic acids is 1. The molecule has 178 valence electrons. The van der Waals surface area contributed by atoms with Crippen LogP contribution < -0.4 is 10.6 Å². The zero-order chi connectivity index (χ0) is 24.4. The second-order valence-electron chi connectivity index (χ2n) is 8.17. The summed E-state index contributed by atoms with van der Waals surface area (Å²) in [7, 11) is 0. The molecule has 0 saturated carbocycles. The molecule has 35 heavy (non-hydrogen) atoms. The predicted octanol–water partition coefficient (Wildman–Crippen LogP) is 5.68. The van der Waals surface area contributed by atoms with Gasteiger partial charge in [-0.3, -0.25) is 4.79 Å². The zero-order valence-corrected chi connectivity index (χ0v) is 19.4. The number of fused-ring (bicyclic) bond motifs is 1. The Morgan fingerprint density at radius 3 is 2.49 bits per heavy atom. The number of amides is 1. The van der Waals surface area contributed by atoms with E-state index in [4.69, 9.17) is 16.6 Å². The second kappa shape index (κ2) is 9.76. The summed E-state index contributed by atoms with van der Waals surface area (Å²) in [4.78, 5) is 19.4. The number of rotatable bonds is 6. The summed E-state index contributed by atoms with van der Waals surface area (Å²) >= 11 is 5.83. The third kappa shape index (κ3) is 4.97. The first-order chi connectivity index (χ1) is 17.0. The first kappa shape index (κ1) is 22.9. The Labute approximate surface area is 206 Å². The minimum Gasteiger partial charge on any atom is -0.376 e. The van der Waals surface area contributed by atoms with E-state index in [0.717, 1.165) is 5.69 Å². The first-order valence-electron chi connectivity index (χ1n) is 11.1. The molecular weight excluding hydrogens is 472 g/mol. The van der Waals surface area contributed by atoms with Gasteiger partial charge in [-0.25, -0.2) is 13.8 Å². The Balaban J connectivity index is 1.42. The molecule has 0 fully saturated rings. The van der Waals surface area contributed by atoms with Crippen LogP contribution >= 0.6 is 11.6 Å². The van der Waals surface area contributed by atoms with Crippen LogP contribution in [-0.4, -0.2) is 33.4 Å². The minimum atomic E-state index is -0.541. The van der Waals surface area contributed by atoms with Crippen LogP contribution in [0.5, 0.6) is 0 Å². The minimum absolute atomic E-state index is 0.0305. The van der Waals surface area contributed by atoms with Crippen LogP contribution in [-0.2, 0) is 17.9 Å². The molecule has 0 atom stereocenters. The van der Waals surface area contributed by atoms with E-state index < -0.39 is 5.82 Å². The molecule has 1 amide bonds. The maximum atomic E-state index is 14.1. The molecule has 6 nitrogen and oxygen atoms in total. The number of nitrogens with one attached hydrogen (secondary N) is 2. The number of carbonyl (C=O) groups is 1. The van der Waals surface area contributed by atoms with Gasteiger partial charge >= 0.3 is 0 Å². The zero-order valence-electron chi connectivity index (χ0n) is 18.6. The van der Waals surface area contributed by atoms with Crippen LogP contribution in [0, 0.1) is 11.6 Å². The van der Waals surface area contributed by atoms with Crippen LogP contribution in [0.4, 0.5) is 26.0 Å². The number of benzene rings is 3. The highest BCUT2D eigenvalue weighted by atomic mass is 35.5. The van der Waals surface area contributed by atoms with E-state index in [1.807, 2.05) is 34.9 Å². The van der Waals surface area contributed by atoms with Crippen LogP contribution in [0.15, 0.2) is 72.8 Å². The fourth-order valence-corrected chi connectivity index (χ4v) is 4.15. The van der Waals surface area contributed by atoms with Crippen LogP contribution in [0.25, 0.3) is 11.3 Å². The Morgan fingerprint density at radius 2 is 1.74 bits per heavy atom. The molecule has 2 N–H and O–H groups in total. The van der Waals surface area contributed by atoms with Crippen LogP contribution in [0.1, 0.15) is 5.82 Å². The quantitative estimate of drug-likeness (QED) is 0.363. The lowest BCUT2D eigenvalue weighted by atomic mass is 10.1. The molecule has 0 bridgehead atoms. The topological polar surface area (TPSA) is 62.2 Å². The molecule has 1 aliphatic heterocycles. The standard InChI is InChI=1S/C26H22ClF2N5O/c27-21-11-10-20(14-22(21)29)31-26-25(17-6-8-18(28)9-7-17)32-23-16-33(12-13-34(23)26)24(35)15-30-19-4-2-1-3-5-19/h1-11,14,30-31H,12-13,15-16H2. The van der Waals surface area contributed by atoms with Gasteiger partial charge < -0.3 is 20.1 Å². The number of nitrogens with zero attached hydrogens (tertiary/aromatic N) is 3. The summed E-state index contributed by atoms with van der Waals surface area (Å²) in [6, 6.07) is 20.0. The summed E-state index contributed by atoms with van der Waals surface area (Å²) in [5.41, 5.74) is 2.67. The molecule has 1 aromatic heterocycles. The average Bonchev–Trinajstić information content (AvgIpc) is 3.23. The number of para-hydroxylation sites is 1. The molecular formula is C26H22ClF2N5O. The van der Waals surface area contributed by atoms with Crippen molar-refractivity contribution >= 4 is 34.7 Å². The van der Waals surface area contributed by atoms with Crippen molar-refractivity contribution in [3.05, 3.63) is 95.3 Å². The highest BCUT2D eigenvalue weighted by Gasteiger charge is 2.27. The molecule has 0 unspecified atom stereocenters. The smallest absolute Gasteiger partial charge is 0.242 e. The molecule has 4 aromatic rings. The Kier molecular flexibility index (Phi) is 6.37. The maximum absolute atomic E-state index is 14.1. The van der Waals surface area contributed by atoms with Crippen molar-refractivity contribution in [2.75, 3.05) is 23.7 Å². The molecule has 5 rings (SSSR count). The summed E-state index contributed by atoms with van der Waals surface area (Å²) in [5, 5.41) is 6.42. The molecule has 3 aromatic carbocycles. The van der Waals surface area contributed by atoms with E-state index in [-0.39, 0.29) is 23.3 Å². The van der Waals surface area contributed by atoms with E-state index in [1.54, 1.807) is 23.1 Å². The van der Waals surface area contributed by atoms with Gasteiger partial charge in [0.1, 0.15) is 29.0 Å². The van der Waals surface area contributed by atoms with E-state index >= 15 is 0 Å². The van der Waals surface area contributed by atoms with Crippen molar-refractivity contribution in [2.45, 2.75) is 13.1 Å².